The van der Waals surface area contributed by atoms with Crippen LogP contribution in [0.25, 0.3) is 0 Å². The number of aliphatic hydroxyl groups excluding tert-OH is 1. The highest BCUT2D eigenvalue weighted by Gasteiger charge is 2.30. The highest BCUT2D eigenvalue weighted by Crippen LogP contribution is 2.45. The summed E-state index contributed by atoms with van der Waals surface area (Å²) in [6.45, 7) is 11.8. The van der Waals surface area contributed by atoms with Crippen LogP contribution in [0.1, 0.15) is 370 Å². The number of unbranched alkanes of at least 4 members (excludes halogenated alkanes) is 39. The normalized spacial score (nSPS) is 14.1. The molecule has 5 atom stereocenters. The number of carbonyl (C=O) groups is 4. The summed E-state index contributed by atoms with van der Waals surface area (Å²) in [6.07, 6.45) is 48.7. The lowest BCUT2D eigenvalue weighted by Crippen LogP contribution is -2.30. The molecule has 0 aromatic rings. The molecule has 0 aliphatic rings. The van der Waals surface area contributed by atoms with Gasteiger partial charge in [-0.2, -0.15) is 0 Å². The molecule has 0 fully saturated rings. The Balaban J connectivity index is 5.23. The van der Waals surface area contributed by atoms with Gasteiger partial charge in [-0.3, -0.25) is 37.3 Å². The second-order valence-corrected chi connectivity index (χ2v) is 30.7. The van der Waals surface area contributed by atoms with Crippen LogP contribution in [0, 0.1) is 17.8 Å². The van der Waals surface area contributed by atoms with Crippen LogP contribution in [0.5, 0.6) is 0 Å². The zero-order valence-corrected chi connectivity index (χ0v) is 61.8. The molecule has 0 heterocycles. The van der Waals surface area contributed by atoms with Crippen molar-refractivity contribution in [3.63, 3.8) is 0 Å². The van der Waals surface area contributed by atoms with E-state index in [1.54, 1.807) is 0 Å². The molecule has 0 amide bonds. The lowest BCUT2D eigenvalue weighted by atomic mass is 10.0. The van der Waals surface area contributed by atoms with Crippen molar-refractivity contribution < 1.29 is 80.2 Å². The molecule has 92 heavy (non-hydrogen) atoms. The summed E-state index contributed by atoms with van der Waals surface area (Å²) in [5.41, 5.74) is 0. The van der Waals surface area contributed by atoms with Gasteiger partial charge in [0, 0.05) is 25.7 Å². The summed E-state index contributed by atoms with van der Waals surface area (Å²) in [5, 5.41) is 10.6. The zero-order valence-electron chi connectivity index (χ0n) is 60.0. The number of ether oxygens (including phenoxy) is 4. The molecule has 0 aliphatic heterocycles. The van der Waals surface area contributed by atoms with E-state index >= 15 is 0 Å². The van der Waals surface area contributed by atoms with Gasteiger partial charge < -0.3 is 33.8 Å². The Hall–Kier alpha value is -1.94. The van der Waals surface area contributed by atoms with Gasteiger partial charge in [-0.15, -0.1) is 0 Å². The molecule has 0 aromatic carbocycles. The maximum Gasteiger partial charge on any atom is 0.472 e. The fourth-order valence-electron chi connectivity index (χ4n) is 11.1. The van der Waals surface area contributed by atoms with E-state index in [0.29, 0.717) is 31.6 Å². The molecule has 0 bridgehead atoms. The quantitative estimate of drug-likeness (QED) is 0.0222. The van der Waals surface area contributed by atoms with Crippen LogP contribution in [-0.4, -0.2) is 96.7 Å². The average molecular weight is 1350 g/mol. The first-order chi connectivity index (χ1) is 44.2. The maximum atomic E-state index is 13.1. The number of phosphoric ester groups is 2. The molecule has 0 saturated carbocycles. The van der Waals surface area contributed by atoms with Gasteiger partial charge in [-0.1, -0.05) is 318 Å². The molecule has 19 heteroatoms. The number of carbonyl (C=O) groups excluding carboxylic acids is 4. The SMILES string of the molecule is CCCCCCCCCCCCCCCCCCCCC(=O)O[C@H](COC(=O)CCCCCCCCCCCC(C)C)COP(=O)(O)OC[C@@H](O)COP(=O)(O)OC[C@@H](COC(=O)CCCCCCCCCC(C)C)OC(=O)CCCCCCCCCCCC(C)C. The first-order valence-corrected chi connectivity index (χ1v) is 40.8. The Morgan fingerprint density at radius 1 is 0.293 bits per heavy atom. The standard InChI is InChI=1S/C73H142O17P2/c1-8-9-10-11-12-13-14-15-16-17-18-19-20-21-26-34-42-49-56-72(77)89-68(60-83-70(75)54-47-40-33-27-22-24-30-37-44-51-64(2)3)62-87-91(79,80)85-58-67(74)59-86-92(81,82)88-63-69(61-84-71(76)55-48-41-36-29-32-39-46-53-66(6)7)90-73(78)57-50-43-35-28-23-25-31-38-45-52-65(4)5/h64-69,74H,8-63H2,1-7H3,(H,79,80)(H,81,82)/t67-,68-,69-/m1/s1. The van der Waals surface area contributed by atoms with E-state index in [2.05, 4.69) is 48.5 Å². The van der Waals surface area contributed by atoms with E-state index in [1.165, 1.54) is 173 Å². The molecule has 3 N–H and O–H groups in total. The third-order valence-electron chi connectivity index (χ3n) is 16.9. The average Bonchev–Trinajstić information content (AvgIpc) is 2.66. The van der Waals surface area contributed by atoms with Crippen LogP contribution in [0.15, 0.2) is 0 Å². The van der Waals surface area contributed by atoms with Crippen LogP contribution >= 0.6 is 15.6 Å². The lowest BCUT2D eigenvalue weighted by Gasteiger charge is -2.21. The van der Waals surface area contributed by atoms with Crippen molar-refractivity contribution in [1.82, 2.24) is 0 Å². The fraction of sp³-hybridized carbons (Fsp3) is 0.945. The Morgan fingerprint density at radius 3 is 0.739 bits per heavy atom. The van der Waals surface area contributed by atoms with Crippen LogP contribution < -0.4 is 0 Å². The second-order valence-electron chi connectivity index (χ2n) is 27.8. The number of hydrogen-bond acceptors (Lipinski definition) is 15. The van der Waals surface area contributed by atoms with E-state index in [-0.39, 0.29) is 25.7 Å². The first kappa shape index (κ1) is 90.1. The maximum absolute atomic E-state index is 13.1. The number of hydrogen-bond donors (Lipinski definition) is 3. The van der Waals surface area contributed by atoms with Crippen molar-refractivity contribution >= 4 is 39.5 Å². The van der Waals surface area contributed by atoms with Gasteiger partial charge in [0.1, 0.15) is 19.3 Å². The molecule has 0 saturated heterocycles. The Kier molecular flexibility index (Phi) is 62.4. The monoisotopic (exact) mass is 1350 g/mol. The van der Waals surface area contributed by atoms with Crippen LogP contribution in [0.2, 0.25) is 0 Å². The molecular formula is C73H142O17P2. The molecule has 17 nitrogen and oxygen atoms in total. The molecule has 0 rings (SSSR count). The number of aliphatic hydroxyl groups is 1. The Bertz CT molecular complexity index is 1800. The molecule has 0 spiro atoms. The largest absolute Gasteiger partial charge is 0.472 e. The first-order valence-electron chi connectivity index (χ1n) is 37.8. The molecule has 2 unspecified atom stereocenters. The highest BCUT2D eigenvalue weighted by atomic mass is 31.2. The molecule has 0 radical (unpaired) electrons. The Labute approximate surface area is 562 Å². The third-order valence-corrected chi connectivity index (χ3v) is 18.8. The molecule has 546 valence electrons. The summed E-state index contributed by atoms with van der Waals surface area (Å²) >= 11 is 0. The van der Waals surface area contributed by atoms with E-state index in [1.807, 2.05) is 0 Å². The summed E-state index contributed by atoms with van der Waals surface area (Å²) in [4.78, 5) is 72.6. The predicted octanol–water partition coefficient (Wildman–Crippen LogP) is 21.0. The van der Waals surface area contributed by atoms with Crippen molar-refractivity contribution in [2.45, 2.75) is 388 Å². The van der Waals surface area contributed by atoms with Gasteiger partial charge in [0.2, 0.25) is 0 Å². The van der Waals surface area contributed by atoms with E-state index in [4.69, 9.17) is 37.0 Å². The van der Waals surface area contributed by atoms with Crippen molar-refractivity contribution in [3.8, 4) is 0 Å². The summed E-state index contributed by atoms with van der Waals surface area (Å²) in [7, 11) is -9.91. The zero-order chi connectivity index (χ0) is 68.0. The van der Waals surface area contributed by atoms with Crippen molar-refractivity contribution in [2.75, 3.05) is 39.6 Å². The van der Waals surface area contributed by atoms with Gasteiger partial charge in [-0.05, 0) is 43.4 Å². The van der Waals surface area contributed by atoms with Crippen molar-refractivity contribution in [3.05, 3.63) is 0 Å². The smallest absolute Gasteiger partial charge is 0.462 e. The Morgan fingerprint density at radius 2 is 0.500 bits per heavy atom. The summed E-state index contributed by atoms with van der Waals surface area (Å²) < 4.78 is 68.4. The molecule has 0 aliphatic carbocycles. The second kappa shape index (κ2) is 63.8. The van der Waals surface area contributed by atoms with Crippen LogP contribution in [0.3, 0.4) is 0 Å². The number of rotatable bonds is 71. The van der Waals surface area contributed by atoms with Gasteiger partial charge in [0.15, 0.2) is 12.2 Å². The number of esters is 4. The molecule has 0 aromatic heterocycles. The lowest BCUT2D eigenvalue weighted by molar-refractivity contribution is -0.161. The van der Waals surface area contributed by atoms with Gasteiger partial charge in [0.25, 0.3) is 0 Å². The van der Waals surface area contributed by atoms with E-state index in [0.717, 1.165) is 108 Å². The molecular weight excluding hydrogens is 1210 g/mol. The van der Waals surface area contributed by atoms with Gasteiger partial charge in [-0.25, -0.2) is 9.13 Å². The van der Waals surface area contributed by atoms with E-state index < -0.39 is 97.5 Å². The summed E-state index contributed by atoms with van der Waals surface area (Å²) in [6, 6.07) is 0. The third kappa shape index (κ3) is 66.7. The topological polar surface area (TPSA) is 237 Å². The summed E-state index contributed by atoms with van der Waals surface area (Å²) in [5.74, 6) is 0.0613. The minimum atomic E-state index is -4.95. The number of phosphoric acid groups is 2. The fourth-order valence-corrected chi connectivity index (χ4v) is 12.7. The van der Waals surface area contributed by atoms with E-state index in [9.17, 15) is 43.2 Å². The van der Waals surface area contributed by atoms with Crippen LogP contribution in [0.4, 0.5) is 0 Å². The minimum absolute atomic E-state index is 0.104. The van der Waals surface area contributed by atoms with Crippen LogP contribution in [-0.2, 0) is 65.4 Å². The van der Waals surface area contributed by atoms with Crippen molar-refractivity contribution in [2.24, 2.45) is 17.8 Å². The minimum Gasteiger partial charge on any atom is -0.462 e. The predicted molar refractivity (Wildman–Crippen MR) is 372 cm³/mol. The highest BCUT2D eigenvalue weighted by molar-refractivity contribution is 7.47. The van der Waals surface area contributed by atoms with Gasteiger partial charge >= 0.3 is 39.5 Å². The van der Waals surface area contributed by atoms with Crippen molar-refractivity contribution in [1.29, 1.82) is 0 Å². The van der Waals surface area contributed by atoms with Gasteiger partial charge in [0.05, 0.1) is 26.4 Å².